The van der Waals surface area contributed by atoms with Crippen LogP contribution in [0.5, 0.6) is 17.2 Å². The first-order chi connectivity index (χ1) is 21.7. The zero-order chi connectivity index (χ0) is 32.3. The Morgan fingerprint density at radius 3 is 2.67 bits per heavy atom. The van der Waals surface area contributed by atoms with Crippen LogP contribution in [-0.2, 0) is 20.8 Å². The number of methoxy groups -OCH3 is 1. The van der Waals surface area contributed by atoms with Crippen LogP contribution in [-0.4, -0.2) is 80.1 Å². The zero-order valence-corrected chi connectivity index (χ0v) is 26.7. The van der Waals surface area contributed by atoms with Crippen molar-refractivity contribution in [3.8, 4) is 17.2 Å². The monoisotopic (exact) mass is 622 g/mol. The van der Waals surface area contributed by atoms with E-state index < -0.39 is 23.9 Å². The van der Waals surface area contributed by atoms with Crippen molar-refractivity contribution in [1.82, 2.24) is 20.9 Å². The summed E-state index contributed by atoms with van der Waals surface area (Å²) in [5.74, 6) is 0.393. The first-order valence-electron chi connectivity index (χ1n) is 15.9. The van der Waals surface area contributed by atoms with Crippen LogP contribution >= 0.6 is 0 Å². The average Bonchev–Trinajstić information content (AvgIpc) is 3.52. The molecule has 0 saturated carbocycles. The second-order valence-electron chi connectivity index (χ2n) is 11.9. The quantitative estimate of drug-likeness (QED) is 0.346. The number of ether oxygens (including phenoxy) is 3. The van der Waals surface area contributed by atoms with Crippen molar-refractivity contribution in [2.24, 2.45) is 5.92 Å². The van der Waals surface area contributed by atoms with Gasteiger partial charge in [0.15, 0.2) is 11.5 Å². The molecular formula is C34H46N4O7. The fourth-order valence-electron chi connectivity index (χ4n) is 5.85. The third-order valence-electron chi connectivity index (χ3n) is 8.02. The Morgan fingerprint density at radius 2 is 1.91 bits per heavy atom. The van der Waals surface area contributed by atoms with E-state index in [0.717, 1.165) is 5.56 Å². The molecule has 2 aliphatic rings. The molecule has 11 heteroatoms. The molecule has 4 amide bonds. The molecule has 1 saturated heterocycles. The smallest absolute Gasteiger partial charge is 0.255 e. The number of rotatable bonds is 10. The first-order valence-corrected chi connectivity index (χ1v) is 15.9. The van der Waals surface area contributed by atoms with E-state index in [1.807, 2.05) is 25.1 Å². The highest BCUT2D eigenvalue weighted by atomic mass is 16.5. The molecule has 11 nitrogen and oxygen atoms in total. The van der Waals surface area contributed by atoms with Gasteiger partial charge in [0.05, 0.1) is 31.7 Å². The SMILES string of the molecule is CCOc1ccc(CCCNC(=O)[C@@H]2CC(=O)N3CCC[C@@H]3C(=O)N[C@@H](CC(C)C)COc3ccccc3C(=O)N2)cc1OC. The molecule has 2 aromatic carbocycles. The number of fused-ring (bicyclic) bond motifs is 2. The van der Waals surface area contributed by atoms with E-state index in [4.69, 9.17) is 14.2 Å². The normalized spacial score (nSPS) is 20.7. The molecule has 3 N–H and O–H groups in total. The van der Waals surface area contributed by atoms with Crippen LogP contribution in [0.15, 0.2) is 42.5 Å². The lowest BCUT2D eigenvalue weighted by Crippen LogP contribution is -2.53. The summed E-state index contributed by atoms with van der Waals surface area (Å²) in [7, 11) is 1.59. The Hall–Kier alpha value is -4.28. The number of para-hydroxylation sites is 1. The van der Waals surface area contributed by atoms with Gasteiger partial charge in [-0.1, -0.05) is 32.0 Å². The second kappa shape index (κ2) is 16.2. The van der Waals surface area contributed by atoms with Crippen molar-refractivity contribution >= 4 is 23.6 Å². The fourth-order valence-corrected chi connectivity index (χ4v) is 5.85. The molecule has 0 spiro atoms. The maximum absolute atomic E-state index is 13.6. The predicted octanol–water partition coefficient (Wildman–Crippen LogP) is 3.25. The highest BCUT2D eigenvalue weighted by molar-refractivity contribution is 6.01. The molecule has 4 rings (SSSR count). The van der Waals surface area contributed by atoms with Crippen molar-refractivity contribution in [3.05, 3.63) is 53.6 Å². The van der Waals surface area contributed by atoms with Crippen LogP contribution in [0.3, 0.4) is 0 Å². The van der Waals surface area contributed by atoms with Crippen LogP contribution in [0.1, 0.15) is 68.8 Å². The van der Waals surface area contributed by atoms with Crippen molar-refractivity contribution in [2.45, 2.75) is 77.4 Å². The molecular weight excluding hydrogens is 576 g/mol. The predicted molar refractivity (Wildman–Crippen MR) is 169 cm³/mol. The number of amides is 4. The molecule has 3 atom stereocenters. The standard InChI is InChI=1S/C34H46N4O7/c1-5-44-29-15-14-23(19-30(29)43-4)10-8-16-35-33(41)26-20-31(39)38-17-9-12-27(38)34(42)36-24(18-22(2)3)21-45-28-13-7-6-11-25(28)32(40)37-26/h6-7,11,13-15,19,22,24,26-27H,5,8-10,12,16-18,20-21H2,1-4H3,(H,35,41)(H,36,42)(H,37,40)/t24-,26-,27+/m0/s1. The average molecular weight is 623 g/mol. The van der Waals surface area contributed by atoms with Gasteiger partial charge in [0, 0.05) is 13.1 Å². The third kappa shape index (κ3) is 9.12. The van der Waals surface area contributed by atoms with Crippen LogP contribution in [0, 0.1) is 5.92 Å². The van der Waals surface area contributed by atoms with E-state index in [2.05, 4.69) is 29.8 Å². The number of benzene rings is 2. The number of hydrogen-bond donors (Lipinski definition) is 3. The number of hydrogen-bond acceptors (Lipinski definition) is 7. The molecule has 244 valence electrons. The van der Waals surface area contributed by atoms with Crippen molar-refractivity contribution in [3.63, 3.8) is 0 Å². The summed E-state index contributed by atoms with van der Waals surface area (Å²) in [6, 6.07) is 10.4. The largest absolute Gasteiger partial charge is 0.493 e. The summed E-state index contributed by atoms with van der Waals surface area (Å²) in [6.45, 7) is 7.48. The highest BCUT2D eigenvalue weighted by Gasteiger charge is 2.37. The summed E-state index contributed by atoms with van der Waals surface area (Å²) in [5, 5.41) is 8.74. The molecule has 45 heavy (non-hydrogen) atoms. The third-order valence-corrected chi connectivity index (χ3v) is 8.02. The van der Waals surface area contributed by atoms with Gasteiger partial charge in [-0.3, -0.25) is 19.2 Å². The molecule has 0 bridgehead atoms. The minimum absolute atomic E-state index is 0.166. The van der Waals surface area contributed by atoms with Gasteiger partial charge in [0.25, 0.3) is 5.91 Å². The first kappa shape index (κ1) is 33.6. The Morgan fingerprint density at radius 1 is 1.11 bits per heavy atom. The lowest BCUT2D eigenvalue weighted by Gasteiger charge is -2.29. The summed E-state index contributed by atoms with van der Waals surface area (Å²) in [6.07, 6.45) is 2.92. The summed E-state index contributed by atoms with van der Waals surface area (Å²) in [4.78, 5) is 55.4. The summed E-state index contributed by atoms with van der Waals surface area (Å²) < 4.78 is 17.1. The molecule has 0 radical (unpaired) electrons. The van der Waals surface area contributed by atoms with Crippen molar-refractivity contribution in [2.75, 3.05) is 33.4 Å². The lowest BCUT2D eigenvalue weighted by molar-refractivity contribution is -0.140. The zero-order valence-electron chi connectivity index (χ0n) is 26.7. The van der Waals surface area contributed by atoms with E-state index in [1.165, 1.54) is 4.90 Å². The van der Waals surface area contributed by atoms with E-state index in [1.54, 1.807) is 31.4 Å². The number of nitrogens with one attached hydrogen (secondary N) is 3. The van der Waals surface area contributed by atoms with Crippen LogP contribution in [0.2, 0.25) is 0 Å². The molecule has 0 aliphatic carbocycles. The van der Waals surface area contributed by atoms with Crippen LogP contribution in [0.4, 0.5) is 0 Å². The van der Waals surface area contributed by atoms with Gasteiger partial charge in [-0.2, -0.15) is 0 Å². The Bertz CT molecular complexity index is 1350. The fraction of sp³-hybridized carbons (Fsp3) is 0.529. The number of carbonyl (C=O) groups is 4. The van der Waals surface area contributed by atoms with Gasteiger partial charge in [-0.15, -0.1) is 0 Å². The van der Waals surface area contributed by atoms with E-state index in [0.29, 0.717) is 75.0 Å². The van der Waals surface area contributed by atoms with Crippen molar-refractivity contribution < 1.29 is 33.4 Å². The summed E-state index contributed by atoms with van der Waals surface area (Å²) in [5.41, 5.74) is 1.27. The lowest BCUT2D eigenvalue weighted by atomic mass is 10.0. The molecule has 0 aromatic heterocycles. The summed E-state index contributed by atoms with van der Waals surface area (Å²) >= 11 is 0. The number of nitrogens with zero attached hydrogens (tertiary/aromatic N) is 1. The van der Waals surface area contributed by atoms with Crippen LogP contribution < -0.4 is 30.2 Å². The van der Waals surface area contributed by atoms with Crippen LogP contribution in [0.25, 0.3) is 0 Å². The number of aryl methyl sites for hydroxylation is 1. The van der Waals surface area contributed by atoms with Gasteiger partial charge >= 0.3 is 0 Å². The van der Waals surface area contributed by atoms with Gasteiger partial charge < -0.3 is 35.1 Å². The van der Waals surface area contributed by atoms with Gasteiger partial charge in [-0.05, 0) is 74.8 Å². The maximum Gasteiger partial charge on any atom is 0.255 e. The molecule has 2 aliphatic heterocycles. The Kier molecular flexibility index (Phi) is 12.1. The Balaban J connectivity index is 1.49. The molecule has 0 unspecified atom stereocenters. The topological polar surface area (TPSA) is 135 Å². The van der Waals surface area contributed by atoms with E-state index >= 15 is 0 Å². The van der Waals surface area contributed by atoms with Crippen molar-refractivity contribution in [1.29, 1.82) is 0 Å². The minimum atomic E-state index is -1.13. The van der Waals surface area contributed by atoms with Gasteiger partial charge in [0.1, 0.15) is 24.4 Å². The molecule has 1 fully saturated rings. The highest BCUT2D eigenvalue weighted by Crippen LogP contribution is 2.28. The Labute approximate surface area is 265 Å². The van der Waals surface area contributed by atoms with Gasteiger partial charge in [0.2, 0.25) is 17.7 Å². The maximum atomic E-state index is 13.6. The van der Waals surface area contributed by atoms with E-state index in [-0.39, 0.29) is 36.4 Å². The second-order valence-corrected chi connectivity index (χ2v) is 11.9. The minimum Gasteiger partial charge on any atom is -0.493 e. The number of carbonyl (C=O) groups excluding carboxylic acids is 4. The molecule has 2 aromatic rings. The molecule has 2 heterocycles. The van der Waals surface area contributed by atoms with E-state index in [9.17, 15) is 19.2 Å². The van der Waals surface area contributed by atoms with Gasteiger partial charge in [-0.25, -0.2) is 0 Å².